The smallest absolute Gasteiger partial charge is 0.222 e. The molecule has 3 N–H and O–H groups in total. The molecule has 1 aliphatic carbocycles. The van der Waals surface area contributed by atoms with Crippen molar-refractivity contribution >= 4 is 11.6 Å². The molecule has 1 saturated carbocycles. The van der Waals surface area contributed by atoms with Gasteiger partial charge in [-0.3, -0.25) is 0 Å². The van der Waals surface area contributed by atoms with Gasteiger partial charge in [0.1, 0.15) is 0 Å². The van der Waals surface area contributed by atoms with E-state index in [4.69, 9.17) is 10.5 Å². The molecule has 0 aliphatic heterocycles. The summed E-state index contributed by atoms with van der Waals surface area (Å²) in [5, 5.41) is 3.11. The van der Waals surface area contributed by atoms with Crippen molar-refractivity contribution in [1.82, 2.24) is 9.97 Å². The number of aromatic nitrogens is 2. The molecule has 0 radical (unpaired) electrons. The highest BCUT2D eigenvalue weighted by molar-refractivity contribution is 5.35. The summed E-state index contributed by atoms with van der Waals surface area (Å²) in [6, 6.07) is 0. The minimum absolute atomic E-state index is 0.456. The lowest BCUT2D eigenvalue weighted by Gasteiger charge is -2.21. The molecule has 17 heavy (non-hydrogen) atoms. The molecular formula is C12H20N4O. The number of rotatable bonds is 5. The number of nitrogen functional groups attached to an aromatic ring is 1. The van der Waals surface area contributed by atoms with E-state index in [1.807, 2.05) is 0 Å². The van der Waals surface area contributed by atoms with Crippen LogP contribution in [0.15, 0.2) is 12.4 Å². The number of ether oxygens (including phenoxy) is 1. The Kier molecular flexibility index (Phi) is 4.55. The molecule has 94 valence electrons. The second-order valence-corrected chi connectivity index (χ2v) is 4.40. The maximum Gasteiger partial charge on any atom is 0.222 e. The molecule has 5 nitrogen and oxygen atoms in total. The van der Waals surface area contributed by atoms with Gasteiger partial charge in [-0.25, -0.2) is 9.97 Å². The van der Waals surface area contributed by atoms with E-state index < -0.39 is 0 Å². The molecule has 1 aliphatic rings. The van der Waals surface area contributed by atoms with Crippen molar-refractivity contribution in [2.75, 3.05) is 24.2 Å². The Labute approximate surface area is 102 Å². The maximum absolute atomic E-state index is 5.79. The number of hydrogen-bond acceptors (Lipinski definition) is 5. The van der Waals surface area contributed by atoms with E-state index in [1.165, 1.54) is 32.1 Å². The van der Waals surface area contributed by atoms with Crippen molar-refractivity contribution in [3.8, 4) is 0 Å². The average Bonchev–Trinajstić information content (AvgIpc) is 2.38. The number of hydrogen-bond donors (Lipinski definition) is 2. The fourth-order valence-corrected chi connectivity index (χ4v) is 2.05. The van der Waals surface area contributed by atoms with Crippen molar-refractivity contribution in [2.45, 2.75) is 38.2 Å². The molecule has 1 heterocycles. The van der Waals surface area contributed by atoms with E-state index in [0.717, 1.165) is 6.54 Å². The number of anilines is 2. The molecule has 0 aromatic carbocycles. The van der Waals surface area contributed by atoms with Gasteiger partial charge in [-0.1, -0.05) is 19.3 Å². The number of nitrogens with zero attached hydrogens (tertiary/aromatic N) is 2. The zero-order chi connectivity index (χ0) is 11.9. The van der Waals surface area contributed by atoms with Crippen molar-refractivity contribution in [1.29, 1.82) is 0 Å². The molecule has 0 unspecified atom stereocenters. The van der Waals surface area contributed by atoms with Crippen LogP contribution >= 0.6 is 0 Å². The topological polar surface area (TPSA) is 73.1 Å². The first-order chi connectivity index (χ1) is 8.34. The van der Waals surface area contributed by atoms with Gasteiger partial charge in [0.2, 0.25) is 5.95 Å². The van der Waals surface area contributed by atoms with Crippen LogP contribution in [0, 0.1) is 0 Å². The van der Waals surface area contributed by atoms with Crippen LogP contribution in [0.1, 0.15) is 32.1 Å². The lowest BCUT2D eigenvalue weighted by atomic mass is 9.98. The molecule has 1 aromatic heterocycles. The number of nitrogens with one attached hydrogen (secondary N) is 1. The quantitative estimate of drug-likeness (QED) is 0.763. The van der Waals surface area contributed by atoms with E-state index in [9.17, 15) is 0 Å². The van der Waals surface area contributed by atoms with Crippen LogP contribution in [-0.4, -0.2) is 29.2 Å². The van der Waals surface area contributed by atoms with Gasteiger partial charge in [-0.15, -0.1) is 0 Å². The van der Waals surface area contributed by atoms with Crippen LogP contribution in [0.2, 0.25) is 0 Å². The summed E-state index contributed by atoms with van der Waals surface area (Å²) in [6.07, 6.45) is 10.0. The van der Waals surface area contributed by atoms with Crippen molar-refractivity contribution in [3.63, 3.8) is 0 Å². The zero-order valence-electron chi connectivity index (χ0n) is 10.1. The van der Waals surface area contributed by atoms with Gasteiger partial charge in [0.25, 0.3) is 0 Å². The second-order valence-electron chi connectivity index (χ2n) is 4.40. The summed E-state index contributed by atoms with van der Waals surface area (Å²) < 4.78 is 5.79. The molecule has 1 aromatic rings. The second kappa shape index (κ2) is 6.39. The molecule has 0 atom stereocenters. The maximum atomic E-state index is 5.79. The van der Waals surface area contributed by atoms with E-state index >= 15 is 0 Å². The van der Waals surface area contributed by atoms with Crippen LogP contribution in [0.3, 0.4) is 0 Å². The SMILES string of the molecule is Nc1cnc(NCCOC2CCCCC2)nc1. The summed E-state index contributed by atoms with van der Waals surface area (Å²) in [6.45, 7) is 1.44. The molecule has 0 spiro atoms. The Morgan fingerprint density at radius 3 is 2.65 bits per heavy atom. The molecular weight excluding hydrogens is 216 g/mol. The van der Waals surface area contributed by atoms with Crippen molar-refractivity contribution in [2.24, 2.45) is 0 Å². The Morgan fingerprint density at radius 2 is 1.94 bits per heavy atom. The fourth-order valence-electron chi connectivity index (χ4n) is 2.05. The van der Waals surface area contributed by atoms with Crippen LogP contribution in [-0.2, 0) is 4.74 Å². The predicted molar refractivity (Wildman–Crippen MR) is 67.8 cm³/mol. The van der Waals surface area contributed by atoms with Gasteiger partial charge in [0.05, 0.1) is 30.8 Å². The Hall–Kier alpha value is -1.36. The summed E-state index contributed by atoms with van der Waals surface area (Å²) in [5.41, 5.74) is 6.08. The molecule has 5 heteroatoms. The van der Waals surface area contributed by atoms with Gasteiger partial charge in [-0.05, 0) is 12.8 Å². The van der Waals surface area contributed by atoms with Gasteiger partial charge >= 0.3 is 0 Å². The Morgan fingerprint density at radius 1 is 1.24 bits per heavy atom. The highest BCUT2D eigenvalue weighted by Gasteiger charge is 2.12. The summed E-state index contributed by atoms with van der Waals surface area (Å²) in [5.74, 6) is 0.603. The van der Waals surface area contributed by atoms with Crippen molar-refractivity contribution < 1.29 is 4.74 Å². The standard InChI is InChI=1S/C12H20N4O/c13-10-8-15-12(16-9-10)14-6-7-17-11-4-2-1-3-5-11/h8-9,11H,1-7,13H2,(H,14,15,16). The summed E-state index contributed by atoms with van der Waals surface area (Å²) in [7, 11) is 0. The van der Waals surface area contributed by atoms with E-state index in [2.05, 4.69) is 15.3 Å². The van der Waals surface area contributed by atoms with Gasteiger partial charge in [-0.2, -0.15) is 0 Å². The highest BCUT2D eigenvalue weighted by Crippen LogP contribution is 2.19. The minimum atomic E-state index is 0.456. The third-order valence-corrected chi connectivity index (χ3v) is 2.96. The third-order valence-electron chi connectivity index (χ3n) is 2.96. The van der Waals surface area contributed by atoms with Crippen molar-refractivity contribution in [3.05, 3.63) is 12.4 Å². The van der Waals surface area contributed by atoms with Gasteiger partial charge in [0, 0.05) is 6.54 Å². The average molecular weight is 236 g/mol. The van der Waals surface area contributed by atoms with E-state index in [1.54, 1.807) is 12.4 Å². The zero-order valence-corrected chi connectivity index (χ0v) is 10.1. The van der Waals surface area contributed by atoms with Crippen LogP contribution in [0.25, 0.3) is 0 Å². The monoisotopic (exact) mass is 236 g/mol. The minimum Gasteiger partial charge on any atom is -0.396 e. The van der Waals surface area contributed by atoms with Crippen LogP contribution in [0.4, 0.5) is 11.6 Å². The predicted octanol–water partition coefficient (Wildman–Crippen LogP) is 1.82. The van der Waals surface area contributed by atoms with Gasteiger partial charge < -0.3 is 15.8 Å². The largest absolute Gasteiger partial charge is 0.396 e. The van der Waals surface area contributed by atoms with E-state index in [-0.39, 0.29) is 0 Å². The molecule has 2 rings (SSSR count). The molecule has 0 saturated heterocycles. The Balaban J connectivity index is 1.60. The van der Waals surface area contributed by atoms with Gasteiger partial charge in [0.15, 0.2) is 0 Å². The fraction of sp³-hybridized carbons (Fsp3) is 0.667. The summed E-state index contributed by atoms with van der Waals surface area (Å²) in [4.78, 5) is 8.12. The first kappa shape index (κ1) is 12.1. The lowest BCUT2D eigenvalue weighted by Crippen LogP contribution is -2.21. The lowest BCUT2D eigenvalue weighted by molar-refractivity contribution is 0.0347. The van der Waals surface area contributed by atoms with E-state index in [0.29, 0.717) is 24.3 Å². The first-order valence-electron chi connectivity index (χ1n) is 6.27. The molecule has 1 fully saturated rings. The normalized spacial score (nSPS) is 16.9. The number of nitrogens with two attached hydrogens (primary N) is 1. The summed E-state index contributed by atoms with van der Waals surface area (Å²) >= 11 is 0. The van der Waals surface area contributed by atoms with Crippen LogP contribution < -0.4 is 11.1 Å². The molecule has 0 amide bonds. The van der Waals surface area contributed by atoms with Crippen LogP contribution in [0.5, 0.6) is 0 Å². The third kappa shape index (κ3) is 4.19. The Bertz CT molecular complexity index is 322. The first-order valence-corrected chi connectivity index (χ1v) is 6.27. The highest BCUT2D eigenvalue weighted by atomic mass is 16.5. The molecule has 0 bridgehead atoms.